The summed E-state index contributed by atoms with van der Waals surface area (Å²) >= 11 is 5.51. The van der Waals surface area contributed by atoms with Gasteiger partial charge in [0.25, 0.3) is 0 Å². The van der Waals surface area contributed by atoms with Crippen molar-refractivity contribution < 1.29 is 13.9 Å². The van der Waals surface area contributed by atoms with Crippen molar-refractivity contribution in [1.82, 2.24) is 0 Å². The second-order valence-electron chi connectivity index (χ2n) is 5.12. The maximum atomic E-state index is 13.6. The van der Waals surface area contributed by atoms with E-state index >= 15 is 0 Å². The zero-order valence-corrected chi connectivity index (χ0v) is 10.7. The minimum Gasteiger partial charge on any atom is -0.391 e. The van der Waals surface area contributed by atoms with Crippen LogP contribution in [0.5, 0.6) is 0 Å². The molecule has 0 radical (unpaired) electrons. The fourth-order valence-electron chi connectivity index (χ4n) is 1.57. The van der Waals surface area contributed by atoms with Gasteiger partial charge < -0.3 is 10.8 Å². The molecule has 2 atom stereocenters. The quantitative estimate of drug-likeness (QED) is 0.862. The van der Waals surface area contributed by atoms with E-state index < -0.39 is 29.2 Å². The van der Waals surface area contributed by atoms with Crippen molar-refractivity contribution in [3.63, 3.8) is 0 Å². The van der Waals surface area contributed by atoms with E-state index in [2.05, 4.69) is 0 Å². The standard InChI is InChI=1S/C12H16ClF2NO/c1-12(2,3)11(17)10(16)9-7(14)4-6(13)5-8(9)15/h4-5,10-11,17H,16H2,1-3H3/t10-,11-/m0/s1. The van der Waals surface area contributed by atoms with Gasteiger partial charge in [0.05, 0.1) is 12.1 Å². The van der Waals surface area contributed by atoms with E-state index in [1.807, 2.05) is 0 Å². The summed E-state index contributed by atoms with van der Waals surface area (Å²) in [6.45, 7) is 5.22. The van der Waals surface area contributed by atoms with Crippen LogP contribution in [0.1, 0.15) is 32.4 Å². The third-order valence-electron chi connectivity index (χ3n) is 2.60. The zero-order chi connectivity index (χ0) is 13.4. The van der Waals surface area contributed by atoms with Crippen molar-refractivity contribution in [1.29, 1.82) is 0 Å². The second kappa shape index (κ2) is 4.88. The predicted molar refractivity (Wildman–Crippen MR) is 63.8 cm³/mol. The van der Waals surface area contributed by atoms with Crippen LogP contribution in [-0.4, -0.2) is 11.2 Å². The number of nitrogens with two attached hydrogens (primary N) is 1. The first-order valence-electron chi connectivity index (χ1n) is 5.22. The van der Waals surface area contributed by atoms with Crippen LogP contribution in [-0.2, 0) is 0 Å². The molecule has 17 heavy (non-hydrogen) atoms. The molecule has 0 unspecified atom stereocenters. The molecular formula is C12H16ClF2NO. The number of hydrogen-bond donors (Lipinski definition) is 2. The first kappa shape index (κ1) is 14.4. The van der Waals surface area contributed by atoms with Crippen molar-refractivity contribution in [2.24, 2.45) is 11.1 Å². The van der Waals surface area contributed by atoms with Gasteiger partial charge in [-0.05, 0) is 17.5 Å². The summed E-state index contributed by atoms with van der Waals surface area (Å²) in [6.07, 6.45) is -1.06. The minimum atomic E-state index is -1.13. The van der Waals surface area contributed by atoms with Crippen LogP contribution >= 0.6 is 11.6 Å². The summed E-state index contributed by atoms with van der Waals surface area (Å²) < 4.78 is 27.2. The molecule has 0 fully saturated rings. The molecule has 0 aliphatic rings. The molecule has 0 saturated carbocycles. The van der Waals surface area contributed by atoms with E-state index in [9.17, 15) is 13.9 Å². The summed E-state index contributed by atoms with van der Waals surface area (Å²) in [7, 11) is 0. The van der Waals surface area contributed by atoms with Crippen LogP contribution < -0.4 is 5.73 Å². The smallest absolute Gasteiger partial charge is 0.132 e. The average Bonchev–Trinajstić information content (AvgIpc) is 2.13. The van der Waals surface area contributed by atoms with E-state index in [0.29, 0.717) is 0 Å². The second-order valence-corrected chi connectivity index (χ2v) is 5.56. The van der Waals surface area contributed by atoms with Crippen molar-refractivity contribution in [3.8, 4) is 0 Å². The lowest BCUT2D eigenvalue weighted by molar-refractivity contribution is 0.0381. The number of halogens is 3. The molecule has 0 bridgehead atoms. The Morgan fingerprint density at radius 2 is 1.65 bits per heavy atom. The van der Waals surface area contributed by atoms with Crippen LogP contribution in [0.15, 0.2) is 12.1 Å². The Morgan fingerprint density at radius 3 is 2.00 bits per heavy atom. The minimum absolute atomic E-state index is 0.0406. The van der Waals surface area contributed by atoms with Crippen LogP contribution in [0.25, 0.3) is 0 Å². The summed E-state index contributed by atoms with van der Waals surface area (Å²) in [6, 6.07) is 0.831. The van der Waals surface area contributed by atoms with E-state index in [-0.39, 0.29) is 10.6 Å². The van der Waals surface area contributed by atoms with Crippen molar-refractivity contribution in [3.05, 3.63) is 34.4 Å². The molecule has 0 aliphatic carbocycles. The molecule has 5 heteroatoms. The highest BCUT2D eigenvalue weighted by Crippen LogP contribution is 2.32. The molecule has 0 aliphatic heterocycles. The van der Waals surface area contributed by atoms with E-state index in [0.717, 1.165) is 12.1 Å². The molecule has 2 nitrogen and oxygen atoms in total. The number of hydrogen-bond acceptors (Lipinski definition) is 2. The Hall–Kier alpha value is -0.710. The van der Waals surface area contributed by atoms with E-state index in [1.165, 1.54) is 0 Å². The molecule has 0 amide bonds. The molecule has 1 aromatic carbocycles. The Bertz CT molecular complexity index is 394. The van der Waals surface area contributed by atoms with Gasteiger partial charge in [0, 0.05) is 10.6 Å². The normalized spacial score (nSPS) is 15.8. The highest BCUT2D eigenvalue weighted by Gasteiger charge is 2.32. The largest absolute Gasteiger partial charge is 0.391 e. The van der Waals surface area contributed by atoms with E-state index in [4.69, 9.17) is 17.3 Å². The topological polar surface area (TPSA) is 46.2 Å². The third kappa shape index (κ3) is 3.15. The lowest BCUT2D eigenvalue weighted by Crippen LogP contribution is -2.38. The lowest BCUT2D eigenvalue weighted by Gasteiger charge is -2.31. The Labute approximate surface area is 104 Å². The maximum absolute atomic E-state index is 13.6. The first-order chi connectivity index (χ1) is 7.64. The van der Waals surface area contributed by atoms with E-state index in [1.54, 1.807) is 20.8 Å². The SMILES string of the molecule is CC(C)(C)[C@@H](O)[C@@H](N)c1c(F)cc(Cl)cc1F. The average molecular weight is 264 g/mol. The first-order valence-corrected chi connectivity index (χ1v) is 5.60. The van der Waals surface area contributed by atoms with Crippen LogP contribution in [0.3, 0.4) is 0 Å². The third-order valence-corrected chi connectivity index (χ3v) is 2.82. The Morgan fingerprint density at radius 1 is 1.24 bits per heavy atom. The van der Waals surface area contributed by atoms with Gasteiger partial charge >= 0.3 is 0 Å². The van der Waals surface area contributed by atoms with Gasteiger partial charge in [0.15, 0.2) is 0 Å². The molecule has 1 rings (SSSR count). The maximum Gasteiger partial charge on any atom is 0.132 e. The van der Waals surface area contributed by atoms with Gasteiger partial charge in [0.1, 0.15) is 11.6 Å². The predicted octanol–water partition coefficient (Wildman–Crippen LogP) is 3.03. The van der Waals surface area contributed by atoms with Gasteiger partial charge in [-0.25, -0.2) is 8.78 Å². The highest BCUT2D eigenvalue weighted by molar-refractivity contribution is 6.30. The van der Waals surface area contributed by atoms with Gasteiger partial charge in [-0.1, -0.05) is 32.4 Å². The van der Waals surface area contributed by atoms with Crippen molar-refractivity contribution in [2.45, 2.75) is 32.9 Å². The summed E-state index contributed by atoms with van der Waals surface area (Å²) in [4.78, 5) is 0. The number of benzene rings is 1. The molecular weight excluding hydrogens is 248 g/mol. The van der Waals surface area contributed by atoms with Crippen molar-refractivity contribution in [2.75, 3.05) is 0 Å². The fraction of sp³-hybridized carbons (Fsp3) is 0.500. The lowest BCUT2D eigenvalue weighted by atomic mass is 9.82. The summed E-state index contributed by atoms with van der Waals surface area (Å²) in [5, 5.41) is 9.89. The summed E-state index contributed by atoms with van der Waals surface area (Å²) in [5.41, 5.74) is 4.80. The summed E-state index contributed by atoms with van der Waals surface area (Å²) in [5.74, 6) is -1.68. The number of aliphatic hydroxyl groups excluding tert-OH is 1. The van der Waals surface area contributed by atoms with Crippen LogP contribution in [0.2, 0.25) is 5.02 Å². The molecule has 0 spiro atoms. The fourth-order valence-corrected chi connectivity index (χ4v) is 1.76. The van der Waals surface area contributed by atoms with Gasteiger partial charge in [0.2, 0.25) is 0 Å². The van der Waals surface area contributed by atoms with Crippen molar-refractivity contribution >= 4 is 11.6 Å². The van der Waals surface area contributed by atoms with Crippen LogP contribution in [0, 0.1) is 17.0 Å². The van der Waals surface area contributed by atoms with Gasteiger partial charge in [-0.15, -0.1) is 0 Å². The van der Waals surface area contributed by atoms with Crippen LogP contribution in [0.4, 0.5) is 8.78 Å². The Balaban J connectivity index is 3.17. The Kier molecular flexibility index (Phi) is 4.12. The molecule has 0 heterocycles. The molecule has 96 valence electrons. The van der Waals surface area contributed by atoms with Gasteiger partial charge in [-0.2, -0.15) is 0 Å². The zero-order valence-electron chi connectivity index (χ0n) is 9.97. The highest BCUT2D eigenvalue weighted by atomic mass is 35.5. The molecule has 0 aromatic heterocycles. The molecule has 3 N–H and O–H groups in total. The number of rotatable bonds is 2. The monoisotopic (exact) mass is 263 g/mol. The molecule has 1 aromatic rings. The number of aliphatic hydroxyl groups is 1. The molecule has 0 saturated heterocycles. The van der Waals surface area contributed by atoms with Gasteiger partial charge in [-0.3, -0.25) is 0 Å².